The summed E-state index contributed by atoms with van der Waals surface area (Å²) in [4.78, 5) is 9.37. The van der Waals surface area contributed by atoms with Gasteiger partial charge in [0.15, 0.2) is 0 Å². The summed E-state index contributed by atoms with van der Waals surface area (Å²) in [5.74, 6) is 0. The van der Waals surface area contributed by atoms with Crippen molar-refractivity contribution in [2.24, 2.45) is 0 Å². The van der Waals surface area contributed by atoms with Gasteiger partial charge < -0.3 is 18.6 Å². The van der Waals surface area contributed by atoms with Gasteiger partial charge in [-0.05, 0) is 78.4 Å². The van der Waals surface area contributed by atoms with Gasteiger partial charge in [0.05, 0.1) is 33.4 Å². The molecular formula is C24H30B2N2O4. The van der Waals surface area contributed by atoms with Gasteiger partial charge in [0, 0.05) is 23.2 Å². The molecule has 2 saturated heterocycles. The number of nitrogens with zero attached hydrogens (tertiary/aromatic N) is 2. The van der Waals surface area contributed by atoms with Crippen LogP contribution in [0.25, 0.3) is 21.8 Å². The number of pyridine rings is 2. The first-order chi connectivity index (χ1) is 14.8. The van der Waals surface area contributed by atoms with Gasteiger partial charge in [-0.1, -0.05) is 12.1 Å². The molecule has 5 rings (SSSR count). The predicted molar refractivity (Wildman–Crippen MR) is 128 cm³/mol. The van der Waals surface area contributed by atoms with E-state index in [4.69, 9.17) is 18.6 Å². The summed E-state index contributed by atoms with van der Waals surface area (Å²) in [5, 5.41) is 1.94. The van der Waals surface area contributed by atoms with Gasteiger partial charge in [-0.25, -0.2) is 0 Å². The molecule has 8 heteroatoms. The molecule has 2 fully saturated rings. The van der Waals surface area contributed by atoms with Crippen molar-refractivity contribution in [3.63, 3.8) is 0 Å². The number of hydrogen-bond donors (Lipinski definition) is 0. The lowest BCUT2D eigenvalue weighted by molar-refractivity contribution is 0.00578. The Bertz CT molecular complexity index is 1100. The standard InChI is InChI=1S/C24H30B2N2O4/c1-21(2)22(3,4)30-25(29-21)17-11-13-27-19-15(17)9-10-16-18(12-14-28-20(16)19)26-31-23(5,6)24(7,8)32-26/h9-14H,1-8H3. The maximum atomic E-state index is 6.31. The number of fused-ring (bicyclic) bond motifs is 3. The molecular weight excluding hydrogens is 402 g/mol. The highest BCUT2D eigenvalue weighted by Gasteiger charge is 2.53. The van der Waals surface area contributed by atoms with Crippen molar-refractivity contribution in [3.8, 4) is 0 Å². The smallest absolute Gasteiger partial charge is 0.399 e. The van der Waals surface area contributed by atoms with Gasteiger partial charge in [-0.15, -0.1) is 0 Å². The molecule has 0 spiro atoms. The van der Waals surface area contributed by atoms with Crippen LogP contribution in [0.3, 0.4) is 0 Å². The molecule has 0 aliphatic carbocycles. The number of rotatable bonds is 2. The van der Waals surface area contributed by atoms with E-state index >= 15 is 0 Å². The third-order valence-corrected chi connectivity index (χ3v) is 7.70. The van der Waals surface area contributed by atoms with Crippen molar-refractivity contribution < 1.29 is 18.6 Å². The fourth-order valence-corrected chi connectivity index (χ4v) is 4.22. The van der Waals surface area contributed by atoms with E-state index in [-0.39, 0.29) is 0 Å². The third kappa shape index (κ3) is 3.11. The summed E-state index contributed by atoms with van der Waals surface area (Å²) >= 11 is 0. The minimum absolute atomic E-state index is 0.410. The Kier molecular flexibility index (Phi) is 4.61. The first kappa shape index (κ1) is 21.8. The van der Waals surface area contributed by atoms with Gasteiger partial charge in [-0.2, -0.15) is 0 Å². The molecule has 3 aromatic rings. The van der Waals surface area contributed by atoms with Crippen molar-refractivity contribution in [2.45, 2.75) is 77.8 Å². The van der Waals surface area contributed by atoms with Crippen molar-refractivity contribution in [3.05, 3.63) is 36.7 Å². The molecule has 0 atom stereocenters. The van der Waals surface area contributed by atoms with E-state index in [2.05, 4.69) is 77.5 Å². The molecule has 0 saturated carbocycles. The summed E-state index contributed by atoms with van der Waals surface area (Å²) in [6, 6.07) is 8.08. The summed E-state index contributed by atoms with van der Waals surface area (Å²) in [5.41, 5.74) is 1.90. The maximum Gasteiger partial charge on any atom is 0.495 e. The van der Waals surface area contributed by atoms with Gasteiger partial charge in [0.2, 0.25) is 0 Å². The average Bonchev–Trinajstić information content (AvgIpc) is 3.06. The molecule has 0 unspecified atom stereocenters. The van der Waals surface area contributed by atoms with Crippen LogP contribution in [0.1, 0.15) is 55.4 Å². The van der Waals surface area contributed by atoms with E-state index in [9.17, 15) is 0 Å². The second kappa shape index (κ2) is 6.76. The second-order valence-corrected chi connectivity index (χ2v) is 10.8. The Labute approximate surface area is 190 Å². The molecule has 4 heterocycles. The fraction of sp³-hybridized carbons (Fsp3) is 0.500. The van der Waals surface area contributed by atoms with Crippen molar-refractivity contribution in [1.29, 1.82) is 0 Å². The van der Waals surface area contributed by atoms with E-state index < -0.39 is 36.6 Å². The SMILES string of the molecule is CC1(C)OB(c2ccnc3c2ccc2c(B4OC(C)(C)C(C)(C)O4)ccnc23)OC1(C)C. The lowest BCUT2D eigenvalue weighted by Gasteiger charge is -2.32. The second-order valence-electron chi connectivity index (χ2n) is 10.8. The van der Waals surface area contributed by atoms with E-state index in [1.54, 1.807) is 12.4 Å². The average molecular weight is 432 g/mol. The highest BCUT2D eigenvalue weighted by Crippen LogP contribution is 2.38. The van der Waals surface area contributed by atoms with Crippen LogP contribution in [0.4, 0.5) is 0 Å². The summed E-state index contributed by atoms with van der Waals surface area (Å²) in [7, 11) is -0.927. The van der Waals surface area contributed by atoms with Crippen LogP contribution in [-0.4, -0.2) is 46.6 Å². The van der Waals surface area contributed by atoms with Crippen LogP contribution in [0.2, 0.25) is 0 Å². The Morgan fingerprint density at radius 2 is 0.844 bits per heavy atom. The van der Waals surface area contributed by atoms with E-state index in [0.29, 0.717) is 0 Å². The normalized spacial score (nSPS) is 23.4. The fourth-order valence-electron chi connectivity index (χ4n) is 4.22. The molecule has 0 radical (unpaired) electrons. The van der Waals surface area contributed by atoms with Gasteiger partial charge in [0.1, 0.15) is 0 Å². The van der Waals surface area contributed by atoms with Gasteiger partial charge >= 0.3 is 14.2 Å². The van der Waals surface area contributed by atoms with Gasteiger partial charge in [0.25, 0.3) is 0 Å². The Morgan fingerprint density at radius 3 is 1.16 bits per heavy atom. The molecule has 32 heavy (non-hydrogen) atoms. The first-order valence-electron chi connectivity index (χ1n) is 11.2. The zero-order chi connectivity index (χ0) is 23.1. The molecule has 166 valence electrons. The molecule has 2 aromatic heterocycles. The van der Waals surface area contributed by atoms with E-state index in [1.165, 1.54) is 0 Å². The Balaban J connectivity index is 1.62. The van der Waals surface area contributed by atoms with Crippen LogP contribution < -0.4 is 10.9 Å². The first-order valence-corrected chi connectivity index (χ1v) is 11.2. The lowest BCUT2D eigenvalue weighted by Crippen LogP contribution is -2.41. The highest BCUT2D eigenvalue weighted by molar-refractivity contribution is 6.66. The molecule has 0 amide bonds. The number of benzene rings is 1. The van der Waals surface area contributed by atoms with E-state index in [1.807, 2.05) is 12.1 Å². The van der Waals surface area contributed by atoms with Gasteiger partial charge in [-0.3, -0.25) is 9.97 Å². The van der Waals surface area contributed by atoms with Crippen LogP contribution >= 0.6 is 0 Å². The van der Waals surface area contributed by atoms with Crippen LogP contribution in [-0.2, 0) is 18.6 Å². The molecule has 0 bridgehead atoms. The van der Waals surface area contributed by atoms with Crippen LogP contribution in [0.5, 0.6) is 0 Å². The molecule has 0 N–H and O–H groups in total. The molecule has 2 aliphatic rings. The maximum absolute atomic E-state index is 6.31. The summed E-state index contributed by atoms with van der Waals surface area (Å²) in [6.45, 7) is 16.5. The minimum Gasteiger partial charge on any atom is -0.399 e. The van der Waals surface area contributed by atoms with Crippen molar-refractivity contribution in [2.75, 3.05) is 0 Å². The minimum atomic E-state index is -0.464. The monoisotopic (exact) mass is 432 g/mol. The quantitative estimate of drug-likeness (QED) is 0.457. The number of aromatic nitrogens is 2. The molecule has 1 aromatic carbocycles. The van der Waals surface area contributed by atoms with E-state index in [0.717, 1.165) is 32.7 Å². The number of hydrogen-bond acceptors (Lipinski definition) is 6. The largest absolute Gasteiger partial charge is 0.495 e. The molecule has 6 nitrogen and oxygen atoms in total. The lowest BCUT2D eigenvalue weighted by atomic mass is 9.75. The zero-order valence-electron chi connectivity index (χ0n) is 20.1. The Morgan fingerprint density at radius 1 is 0.531 bits per heavy atom. The predicted octanol–water partition coefficient (Wildman–Crippen LogP) is 3.38. The summed E-state index contributed by atoms with van der Waals surface area (Å²) in [6.07, 6.45) is 3.59. The molecule has 2 aliphatic heterocycles. The third-order valence-electron chi connectivity index (χ3n) is 7.70. The van der Waals surface area contributed by atoms with Crippen molar-refractivity contribution in [1.82, 2.24) is 9.97 Å². The topological polar surface area (TPSA) is 62.7 Å². The zero-order valence-corrected chi connectivity index (χ0v) is 20.1. The van der Waals surface area contributed by atoms with Crippen molar-refractivity contribution >= 4 is 47.0 Å². The van der Waals surface area contributed by atoms with Crippen LogP contribution in [0, 0.1) is 0 Å². The Hall–Kier alpha value is -1.99. The van der Waals surface area contributed by atoms with Crippen LogP contribution in [0.15, 0.2) is 36.7 Å². The highest BCUT2D eigenvalue weighted by atomic mass is 16.7. The summed E-state index contributed by atoms with van der Waals surface area (Å²) < 4.78 is 25.2.